The van der Waals surface area contributed by atoms with E-state index < -0.39 is 0 Å². The fraction of sp³-hybridized carbons (Fsp3) is 1.00. The number of rotatable bonds is 7. The lowest BCUT2D eigenvalue weighted by molar-refractivity contribution is 0.147. The zero-order valence-corrected chi connectivity index (χ0v) is 11.6. The molecule has 0 aliphatic rings. The maximum atomic E-state index is 2.55. The summed E-state index contributed by atoms with van der Waals surface area (Å²) >= 11 is 0. The minimum Gasteiger partial charge on any atom is -0.302 e. The predicted octanol–water partition coefficient (Wildman–Crippen LogP) is 2.84. The summed E-state index contributed by atoms with van der Waals surface area (Å²) in [5, 5.41) is 0. The fourth-order valence-corrected chi connectivity index (χ4v) is 1.44. The summed E-state index contributed by atoms with van der Waals surface area (Å²) in [5.74, 6) is 0. The highest BCUT2D eigenvalue weighted by Gasteiger charge is 2.16. The van der Waals surface area contributed by atoms with Crippen molar-refractivity contribution in [3.05, 3.63) is 0 Å². The van der Waals surface area contributed by atoms with Crippen molar-refractivity contribution >= 4 is 0 Å². The minimum atomic E-state index is 0.296. The standard InChI is InChI=1S/C13H30N2/c1-7-9-10-15(8-2)12-11-14(6)13(3,4)5/h7-12H2,1-6H3. The first kappa shape index (κ1) is 14.9. The summed E-state index contributed by atoms with van der Waals surface area (Å²) in [4.78, 5) is 4.98. The van der Waals surface area contributed by atoms with Crippen LogP contribution in [-0.2, 0) is 0 Å². The zero-order chi connectivity index (χ0) is 11.9. The van der Waals surface area contributed by atoms with Crippen molar-refractivity contribution in [3.8, 4) is 0 Å². The van der Waals surface area contributed by atoms with E-state index in [1.807, 2.05) is 0 Å². The van der Waals surface area contributed by atoms with Gasteiger partial charge in [-0.15, -0.1) is 0 Å². The zero-order valence-electron chi connectivity index (χ0n) is 11.6. The molecule has 0 rings (SSSR count). The Morgan fingerprint density at radius 3 is 1.93 bits per heavy atom. The normalized spacial score (nSPS) is 12.8. The van der Waals surface area contributed by atoms with E-state index in [4.69, 9.17) is 0 Å². The van der Waals surface area contributed by atoms with Gasteiger partial charge in [0, 0.05) is 18.6 Å². The minimum absolute atomic E-state index is 0.296. The van der Waals surface area contributed by atoms with Gasteiger partial charge in [0.2, 0.25) is 0 Å². The molecule has 0 N–H and O–H groups in total. The van der Waals surface area contributed by atoms with Gasteiger partial charge in [0.1, 0.15) is 0 Å². The Hall–Kier alpha value is -0.0800. The summed E-state index contributed by atoms with van der Waals surface area (Å²) in [5.41, 5.74) is 0.296. The Bertz CT molecular complexity index is 149. The van der Waals surface area contributed by atoms with Crippen molar-refractivity contribution in [3.63, 3.8) is 0 Å². The molecule has 92 valence electrons. The van der Waals surface area contributed by atoms with E-state index in [1.54, 1.807) is 0 Å². The molecule has 2 nitrogen and oxygen atoms in total. The number of unbranched alkanes of at least 4 members (excludes halogenated alkanes) is 1. The van der Waals surface area contributed by atoms with Gasteiger partial charge in [-0.05, 0) is 47.3 Å². The van der Waals surface area contributed by atoms with Gasteiger partial charge < -0.3 is 9.80 Å². The highest BCUT2D eigenvalue weighted by molar-refractivity contribution is 4.73. The first-order valence-corrected chi connectivity index (χ1v) is 6.35. The van der Waals surface area contributed by atoms with Crippen molar-refractivity contribution in [1.29, 1.82) is 0 Å². The van der Waals surface area contributed by atoms with Gasteiger partial charge in [-0.2, -0.15) is 0 Å². The summed E-state index contributed by atoms with van der Waals surface area (Å²) < 4.78 is 0. The molecule has 0 aliphatic heterocycles. The number of likely N-dealkylation sites (N-methyl/N-ethyl adjacent to an activating group) is 2. The van der Waals surface area contributed by atoms with Crippen LogP contribution in [0.4, 0.5) is 0 Å². The van der Waals surface area contributed by atoms with Crippen LogP contribution in [-0.4, -0.2) is 48.6 Å². The van der Waals surface area contributed by atoms with Crippen LogP contribution in [0.25, 0.3) is 0 Å². The highest BCUT2D eigenvalue weighted by Crippen LogP contribution is 2.09. The molecule has 0 saturated heterocycles. The summed E-state index contributed by atoms with van der Waals surface area (Å²) in [6.07, 6.45) is 2.62. The van der Waals surface area contributed by atoms with E-state index in [1.165, 1.54) is 39.0 Å². The van der Waals surface area contributed by atoms with Crippen molar-refractivity contribution in [1.82, 2.24) is 9.80 Å². The van der Waals surface area contributed by atoms with Gasteiger partial charge in [0.05, 0.1) is 0 Å². The topological polar surface area (TPSA) is 6.48 Å². The molecule has 0 heterocycles. The second kappa shape index (κ2) is 7.24. The molecule has 0 radical (unpaired) electrons. The maximum absolute atomic E-state index is 2.55. The molecule has 0 aromatic heterocycles. The molecule has 0 amide bonds. The fourth-order valence-electron chi connectivity index (χ4n) is 1.44. The average molecular weight is 214 g/mol. The molecular formula is C13H30N2. The summed E-state index contributed by atoms with van der Waals surface area (Å²) in [7, 11) is 2.22. The van der Waals surface area contributed by atoms with Crippen LogP contribution in [0.15, 0.2) is 0 Å². The molecule has 0 unspecified atom stereocenters. The van der Waals surface area contributed by atoms with E-state index in [0.717, 1.165) is 0 Å². The molecule has 0 aromatic rings. The van der Waals surface area contributed by atoms with Gasteiger partial charge >= 0.3 is 0 Å². The van der Waals surface area contributed by atoms with Crippen LogP contribution in [0.2, 0.25) is 0 Å². The molecule has 0 spiro atoms. The third kappa shape index (κ3) is 6.91. The lowest BCUT2D eigenvalue weighted by atomic mass is 10.1. The van der Waals surface area contributed by atoms with Crippen LogP contribution in [0, 0.1) is 0 Å². The molecule has 0 aromatic carbocycles. The van der Waals surface area contributed by atoms with Crippen LogP contribution in [0.1, 0.15) is 47.5 Å². The SMILES string of the molecule is CCCCN(CC)CCN(C)C(C)(C)C. The van der Waals surface area contributed by atoms with Gasteiger partial charge in [0.15, 0.2) is 0 Å². The van der Waals surface area contributed by atoms with E-state index >= 15 is 0 Å². The van der Waals surface area contributed by atoms with Crippen molar-refractivity contribution in [2.24, 2.45) is 0 Å². The molecule has 0 saturated carbocycles. The highest BCUT2D eigenvalue weighted by atomic mass is 15.2. The molecule has 0 fully saturated rings. The first-order valence-electron chi connectivity index (χ1n) is 6.35. The summed E-state index contributed by atoms with van der Waals surface area (Å²) in [6, 6.07) is 0. The average Bonchev–Trinajstić information content (AvgIpc) is 2.16. The van der Waals surface area contributed by atoms with Crippen LogP contribution < -0.4 is 0 Å². The molecule has 0 aliphatic carbocycles. The van der Waals surface area contributed by atoms with E-state index in [2.05, 4.69) is 51.5 Å². The molecule has 0 bridgehead atoms. The van der Waals surface area contributed by atoms with Crippen LogP contribution in [0.5, 0.6) is 0 Å². The Morgan fingerprint density at radius 2 is 1.53 bits per heavy atom. The Labute approximate surface area is 96.6 Å². The molecule has 0 atom stereocenters. The van der Waals surface area contributed by atoms with Gasteiger partial charge in [-0.1, -0.05) is 20.3 Å². The molecule has 15 heavy (non-hydrogen) atoms. The van der Waals surface area contributed by atoms with Gasteiger partial charge in [-0.3, -0.25) is 0 Å². The van der Waals surface area contributed by atoms with Gasteiger partial charge in [-0.25, -0.2) is 0 Å². The van der Waals surface area contributed by atoms with Gasteiger partial charge in [0.25, 0.3) is 0 Å². The lowest BCUT2D eigenvalue weighted by Crippen LogP contribution is -2.43. The Balaban J connectivity index is 3.79. The Kier molecular flexibility index (Phi) is 7.20. The summed E-state index contributed by atoms with van der Waals surface area (Å²) in [6.45, 7) is 16.1. The second-order valence-corrected chi connectivity index (χ2v) is 5.38. The number of hydrogen-bond donors (Lipinski definition) is 0. The molecule has 2 heteroatoms. The van der Waals surface area contributed by atoms with E-state index in [-0.39, 0.29) is 0 Å². The number of nitrogens with zero attached hydrogens (tertiary/aromatic N) is 2. The third-order valence-corrected chi connectivity index (χ3v) is 3.17. The van der Waals surface area contributed by atoms with E-state index in [0.29, 0.717) is 5.54 Å². The van der Waals surface area contributed by atoms with Crippen molar-refractivity contribution in [2.45, 2.75) is 53.0 Å². The maximum Gasteiger partial charge on any atom is 0.0122 e. The second-order valence-electron chi connectivity index (χ2n) is 5.38. The third-order valence-electron chi connectivity index (χ3n) is 3.17. The lowest BCUT2D eigenvalue weighted by Gasteiger charge is -2.33. The quantitative estimate of drug-likeness (QED) is 0.643. The Morgan fingerprint density at radius 1 is 0.933 bits per heavy atom. The molecular weight excluding hydrogens is 184 g/mol. The largest absolute Gasteiger partial charge is 0.302 e. The van der Waals surface area contributed by atoms with Crippen molar-refractivity contribution in [2.75, 3.05) is 33.2 Å². The smallest absolute Gasteiger partial charge is 0.0122 e. The van der Waals surface area contributed by atoms with Crippen LogP contribution in [0.3, 0.4) is 0 Å². The first-order chi connectivity index (χ1) is 6.91. The van der Waals surface area contributed by atoms with Crippen LogP contribution >= 0.6 is 0 Å². The number of hydrogen-bond acceptors (Lipinski definition) is 2. The van der Waals surface area contributed by atoms with E-state index in [9.17, 15) is 0 Å². The van der Waals surface area contributed by atoms with Crippen molar-refractivity contribution < 1.29 is 0 Å². The monoisotopic (exact) mass is 214 g/mol. The predicted molar refractivity (Wildman–Crippen MR) is 69.4 cm³/mol.